The van der Waals surface area contributed by atoms with Gasteiger partial charge in [-0.25, -0.2) is 9.78 Å². The molecule has 1 saturated carbocycles. The van der Waals surface area contributed by atoms with Crippen LogP contribution in [0.15, 0.2) is 29.1 Å². The van der Waals surface area contributed by atoms with Gasteiger partial charge in [0.2, 0.25) is 11.8 Å². The van der Waals surface area contributed by atoms with E-state index >= 15 is 0 Å². The van der Waals surface area contributed by atoms with E-state index in [0.717, 1.165) is 17.7 Å². The van der Waals surface area contributed by atoms with Crippen LogP contribution in [0.3, 0.4) is 0 Å². The number of nitrogens with one attached hydrogen (secondary N) is 1. The third-order valence-corrected chi connectivity index (χ3v) is 5.91. The fourth-order valence-corrected chi connectivity index (χ4v) is 4.30. The van der Waals surface area contributed by atoms with Crippen molar-refractivity contribution in [1.29, 1.82) is 0 Å². The van der Waals surface area contributed by atoms with Crippen molar-refractivity contribution in [3.8, 4) is 0 Å². The quantitative estimate of drug-likeness (QED) is 0.625. The second kappa shape index (κ2) is 7.42. The molecule has 2 aliphatic rings. The lowest BCUT2D eigenvalue weighted by Crippen LogP contribution is -2.44. The number of likely N-dealkylation sites (tertiary alicyclic amines) is 1. The van der Waals surface area contributed by atoms with E-state index < -0.39 is 18.1 Å². The summed E-state index contributed by atoms with van der Waals surface area (Å²) in [5.74, 6) is -1.69. The molecule has 2 fully saturated rings. The van der Waals surface area contributed by atoms with Crippen LogP contribution in [-0.2, 0) is 19.1 Å². The van der Waals surface area contributed by atoms with Gasteiger partial charge in [-0.1, -0.05) is 25.0 Å². The van der Waals surface area contributed by atoms with Crippen molar-refractivity contribution in [1.82, 2.24) is 14.9 Å². The summed E-state index contributed by atoms with van der Waals surface area (Å²) in [6.45, 7) is 3.09. The van der Waals surface area contributed by atoms with Gasteiger partial charge in [0, 0.05) is 0 Å². The second-order valence-corrected chi connectivity index (χ2v) is 7.77. The molecular formula is C21H23N3O5. The molecule has 4 rings (SSSR count). The minimum Gasteiger partial charge on any atom is -0.453 e. The van der Waals surface area contributed by atoms with Crippen molar-refractivity contribution >= 4 is 28.7 Å². The summed E-state index contributed by atoms with van der Waals surface area (Å²) in [6.07, 6.45) is 2.38. The summed E-state index contributed by atoms with van der Waals surface area (Å²) >= 11 is 0. The molecule has 8 nitrogen and oxygen atoms in total. The number of benzene rings is 1. The predicted octanol–water partition coefficient (Wildman–Crippen LogP) is 2.09. The normalized spacial score (nSPS) is 23.7. The molecule has 0 bridgehead atoms. The van der Waals surface area contributed by atoms with Gasteiger partial charge in [0.05, 0.1) is 22.7 Å². The van der Waals surface area contributed by atoms with E-state index in [1.807, 2.05) is 0 Å². The van der Waals surface area contributed by atoms with E-state index in [0.29, 0.717) is 23.7 Å². The second-order valence-electron chi connectivity index (χ2n) is 7.77. The Morgan fingerprint density at radius 1 is 1.10 bits per heavy atom. The molecule has 8 heteroatoms. The molecule has 1 saturated heterocycles. The van der Waals surface area contributed by atoms with Crippen molar-refractivity contribution in [3.05, 3.63) is 40.4 Å². The Hall–Kier alpha value is -3.03. The average molecular weight is 397 g/mol. The first-order chi connectivity index (χ1) is 13.9. The Balaban J connectivity index is 1.51. The standard InChI is InChI=1S/C21H23N3O5/c1-11(24-19(26)13-7-3-4-8-14(13)20(24)27)21(28)29-12(2)17-22-16-10-6-5-9-15(16)18(25)23-17/h5-6,9-14H,3-4,7-8H2,1-2H3,(H,22,23,25)/t11-,12+,13-,14+/m0/s1. The number of H-pyrrole nitrogens is 1. The number of amides is 2. The van der Waals surface area contributed by atoms with Gasteiger partial charge in [-0.3, -0.25) is 19.3 Å². The molecular weight excluding hydrogens is 374 g/mol. The predicted molar refractivity (Wildman–Crippen MR) is 104 cm³/mol. The number of esters is 1. The molecule has 1 N–H and O–H groups in total. The summed E-state index contributed by atoms with van der Waals surface area (Å²) in [5.41, 5.74) is 0.173. The largest absolute Gasteiger partial charge is 0.453 e. The van der Waals surface area contributed by atoms with Gasteiger partial charge in [0.25, 0.3) is 5.56 Å². The van der Waals surface area contributed by atoms with Crippen LogP contribution in [0.2, 0.25) is 0 Å². The topological polar surface area (TPSA) is 109 Å². The monoisotopic (exact) mass is 397 g/mol. The molecule has 1 aromatic carbocycles. The number of nitrogens with zero attached hydrogens (tertiary/aromatic N) is 2. The van der Waals surface area contributed by atoms with Gasteiger partial charge in [-0.2, -0.15) is 0 Å². The Bertz CT molecular complexity index is 1020. The van der Waals surface area contributed by atoms with Crippen LogP contribution in [0.1, 0.15) is 51.5 Å². The highest BCUT2D eigenvalue weighted by atomic mass is 16.5. The molecule has 0 unspecified atom stereocenters. The molecule has 4 atom stereocenters. The number of carbonyl (C=O) groups excluding carboxylic acids is 3. The molecule has 1 aliphatic carbocycles. The maximum Gasteiger partial charge on any atom is 0.329 e. The lowest BCUT2D eigenvalue weighted by molar-refractivity contribution is -0.161. The van der Waals surface area contributed by atoms with Crippen LogP contribution in [-0.4, -0.2) is 38.7 Å². The maximum absolute atomic E-state index is 12.7. The van der Waals surface area contributed by atoms with Crippen LogP contribution in [0.4, 0.5) is 0 Å². The fourth-order valence-electron chi connectivity index (χ4n) is 4.30. The van der Waals surface area contributed by atoms with E-state index in [-0.39, 0.29) is 35.0 Å². The molecule has 0 spiro atoms. The van der Waals surface area contributed by atoms with Crippen LogP contribution in [0.25, 0.3) is 10.9 Å². The zero-order valence-corrected chi connectivity index (χ0v) is 16.4. The lowest BCUT2D eigenvalue weighted by Gasteiger charge is -2.23. The number of rotatable bonds is 4. The van der Waals surface area contributed by atoms with Crippen LogP contribution in [0.5, 0.6) is 0 Å². The number of aromatic amines is 1. The number of para-hydroxylation sites is 1. The summed E-state index contributed by atoms with van der Waals surface area (Å²) in [5, 5.41) is 0.444. The van der Waals surface area contributed by atoms with Gasteiger partial charge in [-0.15, -0.1) is 0 Å². The van der Waals surface area contributed by atoms with E-state index in [1.54, 1.807) is 31.2 Å². The first kappa shape index (κ1) is 19.3. The van der Waals surface area contributed by atoms with Gasteiger partial charge >= 0.3 is 5.97 Å². The van der Waals surface area contributed by atoms with Crippen molar-refractivity contribution in [3.63, 3.8) is 0 Å². The Morgan fingerprint density at radius 2 is 1.72 bits per heavy atom. The molecule has 152 valence electrons. The van der Waals surface area contributed by atoms with Gasteiger partial charge in [-0.05, 0) is 38.8 Å². The zero-order valence-electron chi connectivity index (χ0n) is 16.4. The number of ether oxygens (including phenoxy) is 1. The molecule has 1 aromatic heterocycles. The minimum atomic E-state index is -1.02. The maximum atomic E-state index is 12.7. The highest BCUT2D eigenvalue weighted by Crippen LogP contribution is 2.39. The first-order valence-corrected chi connectivity index (χ1v) is 9.95. The third kappa shape index (κ3) is 3.32. The Morgan fingerprint density at radius 3 is 2.38 bits per heavy atom. The molecule has 0 radical (unpaired) electrons. The van der Waals surface area contributed by atoms with Crippen LogP contribution >= 0.6 is 0 Å². The summed E-state index contributed by atoms with van der Waals surface area (Å²) in [6, 6.07) is 5.85. The molecule has 1 aliphatic heterocycles. The minimum absolute atomic E-state index is 0.210. The third-order valence-electron chi connectivity index (χ3n) is 5.91. The van der Waals surface area contributed by atoms with Gasteiger partial charge < -0.3 is 9.72 Å². The van der Waals surface area contributed by atoms with Crippen molar-refractivity contribution < 1.29 is 19.1 Å². The molecule has 29 heavy (non-hydrogen) atoms. The van der Waals surface area contributed by atoms with E-state index in [2.05, 4.69) is 9.97 Å². The van der Waals surface area contributed by atoms with E-state index in [9.17, 15) is 19.2 Å². The smallest absolute Gasteiger partial charge is 0.329 e. The van der Waals surface area contributed by atoms with Gasteiger partial charge in [0.1, 0.15) is 6.04 Å². The van der Waals surface area contributed by atoms with Crippen molar-refractivity contribution in [2.45, 2.75) is 51.7 Å². The van der Waals surface area contributed by atoms with Gasteiger partial charge in [0.15, 0.2) is 11.9 Å². The van der Waals surface area contributed by atoms with Crippen LogP contribution in [0, 0.1) is 11.8 Å². The SMILES string of the molecule is C[C@@H](OC(=O)[C@H](C)N1C(=O)[C@H]2CCCC[C@H]2C1=O)c1nc2ccccc2c(=O)[nH]1. The number of hydrogen-bond acceptors (Lipinski definition) is 6. The average Bonchev–Trinajstić information content (AvgIpc) is 2.98. The van der Waals surface area contributed by atoms with E-state index in [4.69, 9.17) is 4.74 Å². The Labute approximate surface area is 167 Å². The number of hydrogen-bond donors (Lipinski definition) is 1. The first-order valence-electron chi connectivity index (χ1n) is 9.95. The van der Waals surface area contributed by atoms with E-state index in [1.165, 1.54) is 6.92 Å². The molecule has 2 heterocycles. The van der Waals surface area contributed by atoms with Crippen LogP contribution < -0.4 is 5.56 Å². The number of fused-ring (bicyclic) bond motifs is 2. The Kier molecular flexibility index (Phi) is 4.94. The summed E-state index contributed by atoms with van der Waals surface area (Å²) in [4.78, 5) is 58.3. The molecule has 2 amide bonds. The molecule has 2 aromatic rings. The number of imide groups is 1. The van der Waals surface area contributed by atoms with Crippen molar-refractivity contribution in [2.24, 2.45) is 11.8 Å². The highest BCUT2D eigenvalue weighted by Gasteiger charge is 2.51. The van der Waals surface area contributed by atoms with Crippen molar-refractivity contribution in [2.75, 3.05) is 0 Å². The summed E-state index contributed by atoms with van der Waals surface area (Å²) in [7, 11) is 0. The fraction of sp³-hybridized carbons (Fsp3) is 0.476. The highest BCUT2D eigenvalue weighted by molar-refractivity contribution is 6.07. The number of aromatic nitrogens is 2. The lowest BCUT2D eigenvalue weighted by atomic mass is 9.81. The number of carbonyl (C=O) groups is 3. The summed E-state index contributed by atoms with van der Waals surface area (Å²) < 4.78 is 5.45. The zero-order chi connectivity index (χ0) is 20.7.